The maximum absolute atomic E-state index is 6.19. The van der Waals surface area contributed by atoms with E-state index in [0.29, 0.717) is 0 Å². The van der Waals surface area contributed by atoms with Gasteiger partial charge in [-0.1, -0.05) is 31.9 Å². The van der Waals surface area contributed by atoms with Crippen molar-refractivity contribution in [2.45, 2.75) is 18.3 Å². The molecule has 0 aromatic heterocycles. The van der Waals surface area contributed by atoms with Gasteiger partial charge in [-0.2, -0.15) is 0 Å². The van der Waals surface area contributed by atoms with Crippen LogP contribution in [0.5, 0.6) is 11.5 Å². The molecule has 114 valence electrons. The third-order valence-electron chi connectivity index (χ3n) is 4.97. The van der Waals surface area contributed by atoms with E-state index in [1.807, 2.05) is 0 Å². The first-order valence-corrected chi connectivity index (χ1v) is 9.14. The summed E-state index contributed by atoms with van der Waals surface area (Å²) in [5, 5.41) is 0. The largest absolute Gasteiger partial charge is 0.457 e. The molecule has 2 heterocycles. The summed E-state index contributed by atoms with van der Waals surface area (Å²) < 4.78 is 8.42. The van der Waals surface area contributed by atoms with Crippen molar-refractivity contribution in [2.75, 3.05) is 20.1 Å². The first-order valence-electron chi connectivity index (χ1n) is 7.55. The summed E-state index contributed by atoms with van der Waals surface area (Å²) in [5.74, 6) is 2.00. The summed E-state index contributed by atoms with van der Waals surface area (Å²) in [4.78, 5) is 2.41. The molecule has 0 amide bonds. The van der Waals surface area contributed by atoms with E-state index in [9.17, 15) is 0 Å². The molecule has 4 rings (SSSR count). The van der Waals surface area contributed by atoms with Crippen LogP contribution in [-0.4, -0.2) is 25.0 Å². The van der Waals surface area contributed by atoms with Gasteiger partial charge in [0.15, 0.2) is 0 Å². The molecule has 0 unspecified atom stereocenters. The minimum Gasteiger partial charge on any atom is -0.457 e. The third kappa shape index (κ3) is 2.24. The van der Waals surface area contributed by atoms with Crippen LogP contribution in [0.4, 0.5) is 0 Å². The van der Waals surface area contributed by atoms with Gasteiger partial charge in [-0.15, -0.1) is 0 Å². The molecule has 22 heavy (non-hydrogen) atoms. The fourth-order valence-corrected chi connectivity index (χ4v) is 4.46. The van der Waals surface area contributed by atoms with E-state index in [0.717, 1.165) is 46.4 Å². The topological polar surface area (TPSA) is 12.5 Å². The molecule has 1 saturated heterocycles. The van der Waals surface area contributed by atoms with E-state index >= 15 is 0 Å². The summed E-state index contributed by atoms with van der Waals surface area (Å²) in [7, 11) is 2.20. The summed E-state index contributed by atoms with van der Waals surface area (Å²) in [6.07, 6.45) is 2.25. The van der Waals surface area contributed by atoms with Crippen LogP contribution < -0.4 is 4.74 Å². The molecule has 0 saturated carbocycles. The van der Waals surface area contributed by atoms with Crippen LogP contribution in [0.15, 0.2) is 45.3 Å². The number of fused-ring (bicyclic) bond motifs is 4. The van der Waals surface area contributed by atoms with Gasteiger partial charge in [-0.3, -0.25) is 0 Å². The third-order valence-corrected chi connectivity index (χ3v) is 5.96. The van der Waals surface area contributed by atoms with Gasteiger partial charge >= 0.3 is 0 Å². The van der Waals surface area contributed by atoms with Crippen molar-refractivity contribution in [1.82, 2.24) is 4.90 Å². The van der Waals surface area contributed by atoms with Crippen LogP contribution in [0, 0.1) is 0 Å². The lowest BCUT2D eigenvalue weighted by Crippen LogP contribution is -2.43. The summed E-state index contributed by atoms with van der Waals surface area (Å²) in [5.41, 5.74) is 2.70. The van der Waals surface area contributed by atoms with Gasteiger partial charge < -0.3 is 9.64 Å². The van der Waals surface area contributed by atoms with Gasteiger partial charge in [0.1, 0.15) is 11.5 Å². The average molecular weight is 423 g/mol. The molecule has 0 radical (unpaired) electrons. The number of piperidine rings is 1. The van der Waals surface area contributed by atoms with Crippen molar-refractivity contribution in [1.29, 1.82) is 0 Å². The molecule has 0 N–H and O–H groups in total. The van der Waals surface area contributed by atoms with Gasteiger partial charge in [0.05, 0.1) is 0 Å². The number of benzene rings is 2. The lowest BCUT2D eigenvalue weighted by Gasteiger charge is -2.45. The molecule has 2 aliphatic heterocycles. The quantitative estimate of drug-likeness (QED) is 0.568. The molecule has 0 atom stereocenters. The Morgan fingerprint density at radius 1 is 0.909 bits per heavy atom. The molecule has 1 fully saturated rings. The Balaban J connectivity index is 1.95. The van der Waals surface area contributed by atoms with Gasteiger partial charge in [-0.25, -0.2) is 0 Å². The van der Waals surface area contributed by atoms with Gasteiger partial charge in [0.2, 0.25) is 0 Å². The fraction of sp³-hybridized carbons (Fsp3) is 0.333. The smallest absolute Gasteiger partial charge is 0.131 e. The number of nitrogens with zero attached hydrogens (tertiary/aromatic N) is 1. The van der Waals surface area contributed by atoms with E-state index < -0.39 is 0 Å². The first-order chi connectivity index (χ1) is 10.6. The number of rotatable bonds is 0. The van der Waals surface area contributed by atoms with Crippen LogP contribution in [-0.2, 0) is 5.41 Å². The minimum absolute atomic E-state index is 0.0585. The zero-order valence-corrected chi connectivity index (χ0v) is 15.6. The Hall–Kier alpha value is -0.840. The molecular weight excluding hydrogens is 406 g/mol. The number of halogens is 2. The SMILES string of the molecule is CN1CCC2(CC1)c1cc(Br)ccc1Oc1ccc(Br)cc12. The van der Waals surface area contributed by atoms with Gasteiger partial charge in [0.25, 0.3) is 0 Å². The van der Waals surface area contributed by atoms with Crippen molar-refractivity contribution >= 4 is 31.9 Å². The predicted octanol–water partition coefficient (Wildman–Crippen LogP) is 5.33. The second-order valence-electron chi connectivity index (χ2n) is 6.27. The van der Waals surface area contributed by atoms with Crippen LogP contribution >= 0.6 is 31.9 Å². The molecule has 0 aliphatic carbocycles. The highest BCUT2D eigenvalue weighted by molar-refractivity contribution is 9.10. The molecule has 2 aromatic rings. The Kier molecular flexibility index (Phi) is 3.59. The maximum Gasteiger partial charge on any atom is 0.131 e. The monoisotopic (exact) mass is 421 g/mol. The van der Waals surface area contributed by atoms with E-state index in [4.69, 9.17) is 4.74 Å². The van der Waals surface area contributed by atoms with Crippen molar-refractivity contribution in [3.05, 3.63) is 56.5 Å². The predicted molar refractivity (Wildman–Crippen MR) is 95.9 cm³/mol. The van der Waals surface area contributed by atoms with E-state index in [2.05, 4.69) is 80.2 Å². The molecule has 0 bridgehead atoms. The number of hydrogen-bond donors (Lipinski definition) is 0. The van der Waals surface area contributed by atoms with E-state index in [1.165, 1.54) is 11.1 Å². The normalized spacial score (nSPS) is 19.4. The van der Waals surface area contributed by atoms with Crippen molar-refractivity contribution in [2.24, 2.45) is 0 Å². The second kappa shape index (κ2) is 5.36. The Morgan fingerprint density at radius 2 is 1.41 bits per heavy atom. The zero-order valence-electron chi connectivity index (χ0n) is 12.4. The molecule has 2 aliphatic rings. The highest BCUT2D eigenvalue weighted by Gasteiger charge is 2.44. The first kappa shape index (κ1) is 14.7. The van der Waals surface area contributed by atoms with Crippen LogP contribution in [0.3, 0.4) is 0 Å². The Labute approximate surface area is 147 Å². The lowest BCUT2D eigenvalue weighted by atomic mass is 9.66. The molecule has 4 heteroatoms. The summed E-state index contributed by atoms with van der Waals surface area (Å²) >= 11 is 7.26. The van der Waals surface area contributed by atoms with Crippen LogP contribution in [0.1, 0.15) is 24.0 Å². The van der Waals surface area contributed by atoms with Crippen molar-refractivity contribution in [3.63, 3.8) is 0 Å². The van der Waals surface area contributed by atoms with Crippen LogP contribution in [0.25, 0.3) is 0 Å². The van der Waals surface area contributed by atoms with E-state index in [-0.39, 0.29) is 5.41 Å². The molecule has 2 nitrogen and oxygen atoms in total. The number of likely N-dealkylation sites (tertiary alicyclic amines) is 1. The Morgan fingerprint density at radius 3 is 1.91 bits per heavy atom. The fourth-order valence-electron chi connectivity index (χ4n) is 3.73. The summed E-state index contributed by atoms with van der Waals surface area (Å²) in [6.45, 7) is 2.22. The molecular formula is C18H17Br2NO. The second-order valence-corrected chi connectivity index (χ2v) is 8.10. The molecule has 1 spiro atoms. The summed E-state index contributed by atoms with van der Waals surface area (Å²) in [6, 6.07) is 12.8. The number of ether oxygens (including phenoxy) is 1. The maximum atomic E-state index is 6.19. The highest BCUT2D eigenvalue weighted by atomic mass is 79.9. The lowest BCUT2D eigenvalue weighted by molar-refractivity contribution is 0.202. The Bertz CT molecular complexity index is 682. The standard InChI is InChI=1S/C18H17Br2NO/c1-21-8-6-18(7-9-21)14-10-12(19)2-4-16(14)22-17-5-3-13(20)11-15(17)18/h2-5,10-11H,6-9H2,1H3. The number of hydrogen-bond acceptors (Lipinski definition) is 2. The van der Waals surface area contributed by atoms with E-state index in [1.54, 1.807) is 0 Å². The molecule has 2 aromatic carbocycles. The van der Waals surface area contributed by atoms with Crippen LogP contribution in [0.2, 0.25) is 0 Å². The average Bonchev–Trinajstić information content (AvgIpc) is 2.51. The minimum atomic E-state index is 0.0585. The van der Waals surface area contributed by atoms with Gasteiger partial charge in [0, 0.05) is 25.5 Å². The van der Waals surface area contributed by atoms with Gasteiger partial charge in [-0.05, 0) is 69.4 Å². The van der Waals surface area contributed by atoms with Crippen molar-refractivity contribution < 1.29 is 4.74 Å². The zero-order chi connectivity index (χ0) is 15.3. The highest BCUT2D eigenvalue weighted by Crippen LogP contribution is 2.54. The van der Waals surface area contributed by atoms with Crippen molar-refractivity contribution in [3.8, 4) is 11.5 Å².